The predicted molar refractivity (Wildman–Crippen MR) is 186 cm³/mol. The number of rotatable bonds is 6. The van der Waals surface area contributed by atoms with Crippen LogP contribution in [0.1, 0.15) is 0 Å². The summed E-state index contributed by atoms with van der Waals surface area (Å²) in [5.41, 5.74) is 13.2. The van der Waals surface area contributed by atoms with Crippen molar-refractivity contribution in [3.05, 3.63) is 176 Å². The van der Waals surface area contributed by atoms with Crippen LogP contribution < -0.4 is 0 Å². The minimum absolute atomic E-state index is 0.917. The highest BCUT2D eigenvalue weighted by Crippen LogP contribution is 2.36. The van der Waals surface area contributed by atoms with E-state index in [0.717, 1.165) is 67.2 Å². The lowest BCUT2D eigenvalue weighted by molar-refractivity contribution is 1.10. The quantitative estimate of drug-likeness (QED) is 0.197. The lowest BCUT2D eigenvalue weighted by Gasteiger charge is -2.14. The van der Waals surface area contributed by atoms with E-state index in [2.05, 4.69) is 167 Å². The second-order valence-electron chi connectivity index (χ2n) is 11.1. The fraction of sp³-hybridized carbons (Fsp3) is 0. The fourth-order valence-corrected chi connectivity index (χ4v) is 6.05. The minimum atomic E-state index is 0.917. The molecule has 0 radical (unpaired) electrons. The van der Waals surface area contributed by atoms with Gasteiger partial charge in [-0.15, -0.1) is 0 Å². The summed E-state index contributed by atoms with van der Waals surface area (Å²) < 4.78 is 2.27. The van der Waals surface area contributed by atoms with Crippen LogP contribution in [0.15, 0.2) is 176 Å². The molecule has 0 aliphatic carbocycles. The topological polar surface area (TPSA) is 30.7 Å². The van der Waals surface area contributed by atoms with Crippen molar-refractivity contribution in [2.45, 2.75) is 0 Å². The molecule has 0 saturated carbocycles. The van der Waals surface area contributed by atoms with Crippen LogP contribution in [0.3, 0.4) is 0 Å². The number of nitrogens with zero attached hydrogens (tertiary/aromatic N) is 3. The first-order valence-corrected chi connectivity index (χ1v) is 15.2. The summed E-state index contributed by atoms with van der Waals surface area (Å²) in [6, 6.07) is 59.7. The maximum absolute atomic E-state index is 5.19. The van der Waals surface area contributed by atoms with Gasteiger partial charge in [0.25, 0.3) is 0 Å². The Morgan fingerprint density at radius 2 is 0.911 bits per heavy atom. The zero-order valence-electron chi connectivity index (χ0n) is 24.6. The molecule has 2 aromatic heterocycles. The van der Waals surface area contributed by atoms with Crippen molar-refractivity contribution in [1.29, 1.82) is 0 Å². The number of hydrogen-bond acceptors (Lipinski definition) is 2. The third kappa shape index (κ3) is 5.21. The van der Waals surface area contributed by atoms with Crippen molar-refractivity contribution in [2.75, 3.05) is 0 Å². The van der Waals surface area contributed by atoms with Gasteiger partial charge in [-0.25, -0.2) is 4.98 Å². The molecule has 0 atom stereocenters. The van der Waals surface area contributed by atoms with Gasteiger partial charge in [-0.2, -0.15) is 0 Å². The molecule has 0 aliphatic heterocycles. The van der Waals surface area contributed by atoms with Gasteiger partial charge in [-0.1, -0.05) is 103 Å². The molecule has 0 fully saturated rings. The van der Waals surface area contributed by atoms with Gasteiger partial charge in [0, 0.05) is 23.0 Å². The second kappa shape index (κ2) is 11.6. The van der Waals surface area contributed by atoms with Gasteiger partial charge in [0.2, 0.25) is 0 Å². The molecular formula is C42H29N3. The Morgan fingerprint density at radius 3 is 1.64 bits per heavy atom. The highest BCUT2D eigenvalue weighted by atomic mass is 15.1. The predicted octanol–water partition coefficient (Wildman–Crippen LogP) is 10.8. The normalized spacial score (nSPS) is 11.1. The Balaban J connectivity index is 1.30. The molecule has 0 N–H and O–H groups in total. The van der Waals surface area contributed by atoms with Crippen molar-refractivity contribution in [1.82, 2.24) is 14.5 Å². The van der Waals surface area contributed by atoms with Crippen LogP contribution in [0.4, 0.5) is 0 Å². The zero-order valence-corrected chi connectivity index (χ0v) is 24.6. The van der Waals surface area contributed by atoms with Gasteiger partial charge in [0.1, 0.15) is 5.82 Å². The van der Waals surface area contributed by atoms with Crippen LogP contribution in [-0.2, 0) is 0 Å². The number of hydrogen-bond donors (Lipinski definition) is 0. The summed E-state index contributed by atoms with van der Waals surface area (Å²) in [5, 5.41) is 0. The van der Waals surface area contributed by atoms with E-state index in [1.165, 1.54) is 5.56 Å². The van der Waals surface area contributed by atoms with Crippen LogP contribution in [-0.4, -0.2) is 14.5 Å². The summed E-state index contributed by atoms with van der Waals surface area (Å²) in [5.74, 6) is 0.917. The molecular weight excluding hydrogens is 546 g/mol. The molecule has 3 nitrogen and oxygen atoms in total. The largest absolute Gasteiger partial charge is 0.292 e. The number of fused-ring (bicyclic) bond motifs is 1. The molecule has 0 amide bonds. The van der Waals surface area contributed by atoms with Crippen molar-refractivity contribution < 1.29 is 0 Å². The Labute approximate surface area is 262 Å². The Kier molecular flexibility index (Phi) is 6.82. The maximum Gasteiger partial charge on any atom is 0.145 e. The summed E-state index contributed by atoms with van der Waals surface area (Å²) in [6.07, 6.45) is 1.84. The van der Waals surface area contributed by atoms with E-state index in [1.54, 1.807) is 0 Å². The van der Waals surface area contributed by atoms with E-state index in [0.29, 0.717) is 0 Å². The first kappa shape index (κ1) is 26.6. The molecule has 0 saturated heterocycles. The number of pyridine rings is 1. The van der Waals surface area contributed by atoms with Crippen molar-refractivity contribution in [3.63, 3.8) is 0 Å². The number of para-hydroxylation sites is 3. The molecule has 212 valence electrons. The molecule has 0 bridgehead atoms. The van der Waals surface area contributed by atoms with E-state index >= 15 is 0 Å². The maximum atomic E-state index is 5.19. The lowest BCUT2D eigenvalue weighted by Crippen LogP contribution is -1.98. The highest BCUT2D eigenvalue weighted by molar-refractivity contribution is 5.87. The molecule has 6 aromatic carbocycles. The van der Waals surface area contributed by atoms with Crippen LogP contribution in [0.25, 0.3) is 72.7 Å². The van der Waals surface area contributed by atoms with Crippen LogP contribution in [0, 0.1) is 0 Å². The van der Waals surface area contributed by atoms with Crippen molar-refractivity contribution in [3.8, 4) is 61.7 Å². The SMILES string of the molecule is c1ccc(-c2cc(-c3cccc(-c4cccc(-c5ccccn5)c4)c3)cc(-c3nc4ccccc4n3-c3ccccc3)c2)cc1. The van der Waals surface area contributed by atoms with Crippen LogP contribution in [0.2, 0.25) is 0 Å². The molecule has 0 unspecified atom stereocenters. The van der Waals surface area contributed by atoms with Gasteiger partial charge < -0.3 is 0 Å². The second-order valence-corrected chi connectivity index (χ2v) is 11.1. The molecule has 2 heterocycles. The number of aromatic nitrogens is 3. The summed E-state index contributed by atoms with van der Waals surface area (Å²) in [6.45, 7) is 0. The number of benzene rings is 6. The van der Waals surface area contributed by atoms with Crippen molar-refractivity contribution >= 4 is 11.0 Å². The van der Waals surface area contributed by atoms with E-state index < -0.39 is 0 Å². The molecule has 8 rings (SSSR count). The molecule has 3 heteroatoms. The van der Waals surface area contributed by atoms with E-state index in [4.69, 9.17) is 4.98 Å². The molecule has 8 aromatic rings. The van der Waals surface area contributed by atoms with Crippen LogP contribution >= 0.6 is 0 Å². The minimum Gasteiger partial charge on any atom is -0.292 e. The van der Waals surface area contributed by atoms with Gasteiger partial charge >= 0.3 is 0 Å². The van der Waals surface area contributed by atoms with Crippen molar-refractivity contribution in [2.24, 2.45) is 0 Å². The Morgan fingerprint density at radius 1 is 0.378 bits per heavy atom. The Bertz CT molecular complexity index is 2250. The monoisotopic (exact) mass is 575 g/mol. The van der Waals surface area contributed by atoms with Gasteiger partial charge in [0.05, 0.1) is 16.7 Å². The first-order valence-electron chi connectivity index (χ1n) is 15.2. The molecule has 0 aliphatic rings. The van der Waals surface area contributed by atoms with Gasteiger partial charge in [-0.05, 0) is 100 Å². The van der Waals surface area contributed by atoms with E-state index in [-0.39, 0.29) is 0 Å². The van der Waals surface area contributed by atoms with Gasteiger partial charge in [-0.3, -0.25) is 9.55 Å². The standard InChI is InChI=1S/C42H29N3/c1-3-13-30(14-4-1)35-27-36(33-17-11-15-31(25-33)32-16-12-18-34(26-32)39-21-9-10-24-43-39)29-37(28-35)42-44-40-22-7-8-23-41(40)45(42)38-19-5-2-6-20-38/h1-29H. The molecule has 45 heavy (non-hydrogen) atoms. The third-order valence-electron chi connectivity index (χ3n) is 8.23. The summed E-state index contributed by atoms with van der Waals surface area (Å²) in [7, 11) is 0. The first-order chi connectivity index (χ1) is 22.3. The smallest absolute Gasteiger partial charge is 0.145 e. The fourth-order valence-electron chi connectivity index (χ4n) is 6.05. The van der Waals surface area contributed by atoms with Crippen LogP contribution in [0.5, 0.6) is 0 Å². The average molecular weight is 576 g/mol. The lowest BCUT2D eigenvalue weighted by atomic mass is 9.93. The summed E-state index contributed by atoms with van der Waals surface area (Å²) >= 11 is 0. The number of imidazole rings is 1. The van der Waals surface area contributed by atoms with E-state index in [1.807, 2.05) is 18.3 Å². The third-order valence-corrected chi connectivity index (χ3v) is 8.23. The zero-order chi connectivity index (χ0) is 30.0. The highest BCUT2D eigenvalue weighted by Gasteiger charge is 2.17. The van der Waals surface area contributed by atoms with E-state index in [9.17, 15) is 0 Å². The van der Waals surface area contributed by atoms with Gasteiger partial charge in [0.15, 0.2) is 0 Å². The average Bonchev–Trinajstić information content (AvgIpc) is 3.53. The summed E-state index contributed by atoms with van der Waals surface area (Å²) in [4.78, 5) is 9.75. The molecule has 0 spiro atoms. The Hall–Kier alpha value is -6.06.